The van der Waals surface area contributed by atoms with Crippen molar-refractivity contribution in [2.24, 2.45) is 11.8 Å². The lowest BCUT2D eigenvalue weighted by Crippen LogP contribution is -2.58. The van der Waals surface area contributed by atoms with Gasteiger partial charge in [0.05, 0.1) is 5.60 Å². The van der Waals surface area contributed by atoms with Crippen molar-refractivity contribution in [2.45, 2.75) is 108 Å². The van der Waals surface area contributed by atoms with Gasteiger partial charge in [0.25, 0.3) is 0 Å². The molecule has 0 radical (unpaired) electrons. The Morgan fingerprint density at radius 2 is 1.39 bits per heavy atom. The van der Waals surface area contributed by atoms with Crippen molar-refractivity contribution < 1.29 is 4.84 Å². The SMILES string of the molecule is C1=C2C3CC2CC(ON(C2CCCCC2)C2CCCCC2)(C1)C3. The molecule has 0 heterocycles. The van der Waals surface area contributed by atoms with Crippen molar-refractivity contribution in [2.75, 3.05) is 0 Å². The molecule has 7 aliphatic carbocycles. The number of fused-ring (bicyclic) bond motifs is 1. The quantitative estimate of drug-likeness (QED) is 0.510. The molecule has 128 valence electrons. The summed E-state index contributed by atoms with van der Waals surface area (Å²) in [6.07, 6.45) is 21.9. The zero-order valence-corrected chi connectivity index (χ0v) is 14.6. The van der Waals surface area contributed by atoms with Crippen LogP contribution in [-0.2, 0) is 4.84 Å². The molecule has 2 unspecified atom stereocenters. The van der Waals surface area contributed by atoms with Gasteiger partial charge in [-0.05, 0) is 63.2 Å². The Morgan fingerprint density at radius 1 is 0.826 bits per heavy atom. The summed E-state index contributed by atoms with van der Waals surface area (Å²) in [6.45, 7) is 0. The van der Waals surface area contributed by atoms with Gasteiger partial charge in [0, 0.05) is 12.1 Å². The fourth-order valence-corrected chi connectivity index (χ4v) is 6.43. The third-order valence-corrected chi connectivity index (χ3v) is 7.63. The van der Waals surface area contributed by atoms with Crippen molar-refractivity contribution in [3.63, 3.8) is 0 Å². The topological polar surface area (TPSA) is 12.5 Å². The van der Waals surface area contributed by atoms with Crippen LogP contribution in [0.4, 0.5) is 0 Å². The monoisotopic (exact) mass is 315 g/mol. The summed E-state index contributed by atoms with van der Waals surface area (Å²) in [4.78, 5) is 7.03. The summed E-state index contributed by atoms with van der Waals surface area (Å²) in [5.74, 6) is 1.78. The van der Waals surface area contributed by atoms with E-state index < -0.39 is 0 Å². The van der Waals surface area contributed by atoms with E-state index in [1.54, 1.807) is 5.57 Å². The number of hydrogen-bond acceptors (Lipinski definition) is 2. The highest BCUT2D eigenvalue weighted by Crippen LogP contribution is 2.60. The predicted octanol–water partition coefficient (Wildman–Crippen LogP) is 5.38. The van der Waals surface area contributed by atoms with Gasteiger partial charge in [-0.3, -0.25) is 4.84 Å². The molecule has 2 nitrogen and oxygen atoms in total. The van der Waals surface area contributed by atoms with Crippen LogP contribution >= 0.6 is 0 Å². The van der Waals surface area contributed by atoms with E-state index in [4.69, 9.17) is 4.84 Å². The lowest BCUT2D eigenvalue weighted by molar-refractivity contribution is -0.312. The molecule has 5 saturated carbocycles. The first-order valence-electron chi connectivity index (χ1n) is 10.5. The largest absolute Gasteiger partial charge is 0.292 e. The summed E-state index contributed by atoms with van der Waals surface area (Å²) in [5.41, 5.74) is 1.99. The highest BCUT2D eigenvalue weighted by atomic mass is 16.7. The highest BCUT2D eigenvalue weighted by Gasteiger charge is 2.55. The second kappa shape index (κ2) is 5.88. The number of hydrogen-bond donors (Lipinski definition) is 0. The fraction of sp³-hybridized carbons (Fsp3) is 0.905. The van der Waals surface area contributed by atoms with Gasteiger partial charge in [-0.2, -0.15) is 5.06 Å². The molecule has 0 aromatic heterocycles. The average molecular weight is 316 g/mol. The minimum Gasteiger partial charge on any atom is -0.292 e. The summed E-state index contributed by atoms with van der Waals surface area (Å²) >= 11 is 0. The summed E-state index contributed by atoms with van der Waals surface area (Å²) in [7, 11) is 0. The summed E-state index contributed by atoms with van der Waals surface area (Å²) in [5, 5.41) is 2.60. The van der Waals surface area contributed by atoms with E-state index in [2.05, 4.69) is 11.1 Å². The molecule has 0 saturated heterocycles. The van der Waals surface area contributed by atoms with Crippen LogP contribution in [0.25, 0.3) is 0 Å². The zero-order chi connectivity index (χ0) is 15.3. The minimum absolute atomic E-state index is 0.185. The Morgan fingerprint density at radius 3 is 1.91 bits per heavy atom. The lowest BCUT2D eigenvalue weighted by atomic mass is 9.52. The summed E-state index contributed by atoms with van der Waals surface area (Å²) < 4.78 is 0. The van der Waals surface area contributed by atoms with Crippen molar-refractivity contribution in [3.05, 3.63) is 11.6 Å². The van der Waals surface area contributed by atoms with Crippen LogP contribution in [0.1, 0.15) is 89.9 Å². The number of nitrogens with zero attached hydrogens (tertiary/aromatic N) is 1. The second-order valence-electron chi connectivity index (χ2n) is 9.16. The van der Waals surface area contributed by atoms with E-state index in [0.29, 0.717) is 12.1 Å². The Hall–Kier alpha value is -0.340. The van der Waals surface area contributed by atoms with Gasteiger partial charge in [-0.1, -0.05) is 50.2 Å². The minimum atomic E-state index is 0.185. The molecule has 0 amide bonds. The molecule has 2 heteroatoms. The normalized spacial score (nSPS) is 41.0. The van der Waals surface area contributed by atoms with Gasteiger partial charge in [0.15, 0.2) is 0 Å². The van der Waals surface area contributed by atoms with E-state index in [1.165, 1.54) is 89.9 Å². The van der Waals surface area contributed by atoms with Crippen LogP contribution in [0.3, 0.4) is 0 Å². The third-order valence-electron chi connectivity index (χ3n) is 7.63. The fourth-order valence-electron chi connectivity index (χ4n) is 6.43. The third kappa shape index (κ3) is 2.61. The Balaban J connectivity index is 1.35. The molecule has 0 aromatic carbocycles. The molecule has 0 aliphatic heterocycles. The maximum absolute atomic E-state index is 7.03. The highest BCUT2D eigenvalue weighted by molar-refractivity contribution is 5.31. The molecule has 7 aliphatic rings. The standard InChI is InChI=1S/C21H33NO/c1-3-7-18(8-4-1)22(19-9-5-2-6-10-19)23-21-12-11-20-16(14-21)13-17(20)15-21/h11,16-19H,1-10,12-15H2. The van der Waals surface area contributed by atoms with Gasteiger partial charge in [0.2, 0.25) is 0 Å². The van der Waals surface area contributed by atoms with Crippen molar-refractivity contribution in [1.29, 1.82) is 0 Å². The Labute approximate surface area is 141 Å². The average Bonchev–Trinajstić information content (AvgIpc) is 2.61. The van der Waals surface area contributed by atoms with Crippen molar-refractivity contribution in [3.8, 4) is 0 Å². The van der Waals surface area contributed by atoms with E-state index in [9.17, 15) is 0 Å². The van der Waals surface area contributed by atoms with Gasteiger partial charge in [-0.15, -0.1) is 0 Å². The molecule has 4 bridgehead atoms. The van der Waals surface area contributed by atoms with E-state index >= 15 is 0 Å². The first-order chi connectivity index (χ1) is 11.3. The van der Waals surface area contributed by atoms with Crippen molar-refractivity contribution in [1.82, 2.24) is 5.06 Å². The van der Waals surface area contributed by atoms with Crippen molar-refractivity contribution >= 4 is 0 Å². The van der Waals surface area contributed by atoms with Gasteiger partial charge >= 0.3 is 0 Å². The molecule has 5 fully saturated rings. The first kappa shape index (κ1) is 15.0. The number of allylic oxidation sites excluding steroid dienone is 1. The van der Waals surface area contributed by atoms with Crippen LogP contribution in [0, 0.1) is 11.8 Å². The van der Waals surface area contributed by atoms with E-state index in [-0.39, 0.29) is 5.60 Å². The Kier molecular flexibility index (Phi) is 3.82. The molecule has 7 rings (SSSR count). The molecular formula is C21H33NO. The Bertz CT molecular complexity index is 440. The van der Waals surface area contributed by atoms with E-state index in [0.717, 1.165) is 11.8 Å². The maximum Gasteiger partial charge on any atom is 0.0945 e. The predicted molar refractivity (Wildman–Crippen MR) is 92.9 cm³/mol. The molecule has 2 atom stereocenters. The van der Waals surface area contributed by atoms with Crippen LogP contribution in [0.5, 0.6) is 0 Å². The number of hydroxylamine groups is 2. The van der Waals surface area contributed by atoms with Gasteiger partial charge in [0.1, 0.15) is 0 Å². The molecule has 23 heavy (non-hydrogen) atoms. The maximum atomic E-state index is 7.03. The van der Waals surface area contributed by atoms with Crippen LogP contribution < -0.4 is 0 Å². The zero-order valence-electron chi connectivity index (χ0n) is 14.6. The molecule has 0 aromatic rings. The van der Waals surface area contributed by atoms with Crippen LogP contribution in [0.15, 0.2) is 11.6 Å². The molecule has 0 spiro atoms. The van der Waals surface area contributed by atoms with Gasteiger partial charge in [-0.25, -0.2) is 0 Å². The number of rotatable bonds is 4. The molecular weight excluding hydrogens is 282 g/mol. The van der Waals surface area contributed by atoms with E-state index in [1.807, 2.05) is 0 Å². The van der Waals surface area contributed by atoms with Crippen LogP contribution in [0.2, 0.25) is 0 Å². The summed E-state index contributed by atoms with van der Waals surface area (Å²) in [6, 6.07) is 1.43. The second-order valence-corrected chi connectivity index (χ2v) is 9.16. The first-order valence-corrected chi connectivity index (χ1v) is 10.5. The smallest absolute Gasteiger partial charge is 0.0945 e. The van der Waals surface area contributed by atoms with Gasteiger partial charge < -0.3 is 0 Å². The lowest BCUT2D eigenvalue weighted by Gasteiger charge is -2.59. The molecule has 0 N–H and O–H groups in total. The van der Waals surface area contributed by atoms with Crippen LogP contribution in [-0.4, -0.2) is 22.7 Å².